The molecule has 0 aliphatic heterocycles. The Labute approximate surface area is 127 Å². The van der Waals surface area contributed by atoms with Crippen LogP contribution in [0, 0.1) is 16.7 Å². The third-order valence-electron chi connectivity index (χ3n) is 4.17. The van der Waals surface area contributed by atoms with Crippen LogP contribution < -0.4 is 4.74 Å². The summed E-state index contributed by atoms with van der Waals surface area (Å²) < 4.78 is 5.77. The number of aliphatic hydroxyl groups is 1. The number of hydrogen-bond acceptors (Lipinski definition) is 3. The lowest BCUT2D eigenvalue weighted by molar-refractivity contribution is 0.156. The Morgan fingerprint density at radius 2 is 2.19 bits per heavy atom. The molecule has 1 aliphatic carbocycles. The van der Waals surface area contributed by atoms with E-state index in [2.05, 4.69) is 12.1 Å². The lowest BCUT2D eigenvalue weighted by Crippen LogP contribution is -2.10. The molecule has 3 nitrogen and oxygen atoms in total. The molecule has 1 N–H and O–H groups in total. The summed E-state index contributed by atoms with van der Waals surface area (Å²) in [5, 5.41) is 19.0. The Bertz CT molecular complexity index is 516. The molecule has 0 spiro atoms. The molecular weight excluding hydrogens is 262 g/mol. The van der Waals surface area contributed by atoms with Crippen molar-refractivity contribution in [2.24, 2.45) is 5.41 Å². The van der Waals surface area contributed by atoms with E-state index in [4.69, 9.17) is 10.00 Å². The molecule has 1 unspecified atom stereocenters. The summed E-state index contributed by atoms with van der Waals surface area (Å²) in [7, 11) is 0. The van der Waals surface area contributed by atoms with Crippen molar-refractivity contribution >= 4 is 0 Å². The van der Waals surface area contributed by atoms with Gasteiger partial charge in [-0.15, -0.1) is 0 Å². The fourth-order valence-electron chi connectivity index (χ4n) is 2.76. The number of aliphatic hydroxyl groups excluding tert-OH is 1. The van der Waals surface area contributed by atoms with Gasteiger partial charge in [-0.2, -0.15) is 5.26 Å². The fraction of sp³-hybridized carbons (Fsp3) is 0.611. The first-order chi connectivity index (χ1) is 10.0. The van der Waals surface area contributed by atoms with Crippen LogP contribution in [0.15, 0.2) is 18.2 Å². The Morgan fingerprint density at radius 3 is 2.95 bits per heavy atom. The monoisotopic (exact) mass is 287 g/mol. The van der Waals surface area contributed by atoms with Gasteiger partial charge in [0.1, 0.15) is 5.75 Å². The number of rotatable bonds is 6. The van der Waals surface area contributed by atoms with Gasteiger partial charge in [-0.05, 0) is 75.6 Å². The molecule has 114 valence electrons. The van der Waals surface area contributed by atoms with E-state index in [9.17, 15) is 5.11 Å². The van der Waals surface area contributed by atoms with Gasteiger partial charge in [-0.25, -0.2) is 0 Å². The molecule has 2 rings (SSSR count). The second-order valence-electron chi connectivity index (χ2n) is 6.57. The number of nitriles is 1. The van der Waals surface area contributed by atoms with Gasteiger partial charge in [0, 0.05) is 0 Å². The molecule has 0 fully saturated rings. The second-order valence-corrected chi connectivity index (χ2v) is 6.57. The summed E-state index contributed by atoms with van der Waals surface area (Å²) in [6.45, 7) is 4.61. The zero-order valence-electron chi connectivity index (χ0n) is 13.1. The van der Waals surface area contributed by atoms with Crippen molar-refractivity contribution in [1.29, 1.82) is 5.26 Å². The van der Waals surface area contributed by atoms with Gasteiger partial charge < -0.3 is 9.84 Å². The summed E-state index contributed by atoms with van der Waals surface area (Å²) in [6.07, 6.45) is 5.46. The van der Waals surface area contributed by atoms with Crippen LogP contribution in [-0.4, -0.2) is 11.7 Å². The average Bonchev–Trinajstić information content (AvgIpc) is 2.47. The minimum Gasteiger partial charge on any atom is -0.494 e. The smallest absolute Gasteiger partial charge is 0.119 e. The molecule has 1 aliphatic rings. The van der Waals surface area contributed by atoms with Gasteiger partial charge in [0.05, 0.1) is 24.2 Å². The molecule has 1 aromatic carbocycles. The van der Waals surface area contributed by atoms with Gasteiger partial charge >= 0.3 is 0 Å². The molecular formula is C18H25NO2. The van der Waals surface area contributed by atoms with Crippen LogP contribution in [0.25, 0.3) is 0 Å². The largest absolute Gasteiger partial charge is 0.494 e. The van der Waals surface area contributed by atoms with Crippen LogP contribution in [-0.2, 0) is 6.42 Å². The first-order valence-electron chi connectivity index (χ1n) is 7.87. The Kier molecular flexibility index (Phi) is 5.25. The van der Waals surface area contributed by atoms with Crippen molar-refractivity contribution in [3.05, 3.63) is 29.3 Å². The minimum absolute atomic E-state index is 0.240. The van der Waals surface area contributed by atoms with Gasteiger partial charge in [0.25, 0.3) is 0 Å². The summed E-state index contributed by atoms with van der Waals surface area (Å²) in [6, 6.07) is 8.38. The lowest BCUT2D eigenvalue weighted by atomic mass is 9.89. The second kappa shape index (κ2) is 6.95. The predicted octanol–water partition coefficient (Wildman–Crippen LogP) is 4.16. The molecule has 1 atom stereocenters. The van der Waals surface area contributed by atoms with E-state index < -0.39 is 0 Å². The van der Waals surface area contributed by atoms with E-state index >= 15 is 0 Å². The maximum absolute atomic E-state index is 10.0. The number of ether oxygens (including phenoxy) is 1. The highest BCUT2D eigenvalue weighted by Crippen LogP contribution is 2.32. The summed E-state index contributed by atoms with van der Waals surface area (Å²) >= 11 is 0. The highest BCUT2D eigenvalue weighted by atomic mass is 16.5. The number of aryl methyl sites for hydroxylation is 1. The summed E-state index contributed by atoms with van der Waals surface area (Å²) in [5.74, 6) is 0.842. The third-order valence-corrected chi connectivity index (χ3v) is 4.17. The van der Waals surface area contributed by atoms with E-state index in [-0.39, 0.29) is 11.5 Å². The SMILES string of the molecule is CC(C)(C#N)CCCCOc1ccc2c(c1)C(O)CCC2. The number of unbranched alkanes of at least 4 members (excludes halogenated alkanes) is 1. The van der Waals surface area contributed by atoms with Crippen molar-refractivity contribution in [3.63, 3.8) is 0 Å². The molecule has 21 heavy (non-hydrogen) atoms. The molecule has 0 aromatic heterocycles. The van der Waals surface area contributed by atoms with Gasteiger partial charge in [0.2, 0.25) is 0 Å². The summed E-state index contributed by atoms with van der Waals surface area (Å²) in [4.78, 5) is 0. The standard InChI is InChI=1S/C18H25NO2/c1-18(2,13-19)10-3-4-11-21-15-9-8-14-6-5-7-17(20)16(14)12-15/h8-9,12,17,20H,3-7,10-11H2,1-2H3. The van der Waals surface area contributed by atoms with Crippen molar-refractivity contribution in [2.45, 2.75) is 58.5 Å². The highest BCUT2D eigenvalue weighted by Gasteiger charge is 2.18. The predicted molar refractivity (Wildman–Crippen MR) is 83.1 cm³/mol. The molecule has 0 saturated carbocycles. The number of hydrogen-bond donors (Lipinski definition) is 1. The zero-order valence-corrected chi connectivity index (χ0v) is 13.1. The van der Waals surface area contributed by atoms with Crippen LogP contribution >= 0.6 is 0 Å². The average molecular weight is 287 g/mol. The van der Waals surface area contributed by atoms with E-state index in [0.29, 0.717) is 6.61 Å². The van der Waals surface area contributed by atoms with Gasteiger partial charge in [-0.3, -0.25) is 0 Å². The van der Waals surface area contributed by atoms with Crippen molar-refractivity contribution in [3.8, 4) is 11.8 Å². The minimum atomic E-state index is -0.339. The normalized spacial score (nSPS) is 17.9. The van der Waals surface area contributed by atoms with E-state index in [1.54, 1.807) is 0 Å². The fourth-order valence-corrected chi connectivity index (χ4v) is 2.76. The Hall–Kier alpha value is -1.53. The van der Waals surface area contributed by atoms with E-state index in [1.165, 1.54) is 5.56 Å². The molecule has 0 radical (unpaired) electrons. The number of fused-ring (bicyclic) bond motifs is 1. The van der Waals surface area contributed by atoms with Crippen LogP contribution in [0.5, 0.6) is 5.75 Å². The molecule has 0 saturated heterocycles. The van der Waals surface area contributed by atoms with Crippen LogP contribution in [0.4, 0.5) is 0 Å². The van der Waals surface area contributed by atoms with Crippen LogP contribution in [0.1, 0.15) is 63.2 Å². The highest BCUT2D eigenvalue weighted by molar-refractivity contribution is 5.38. The Morgan fingerprint density at radius 1 is 1.38 bits per heavy atom. The molecule has 3 heteroatoms. The first-order valence-corrected chi connectivity index (χ1v) is 7.87. The summed E-state index contributed by atoms with van der Waals surface area (Å²) in [5.41, 5.74) is 2.04. The number of benzene rings is 1. The molecule has 0 heterocycles. The third kappa shape index (κ3) is 4.47. The van der Waals surface area contributed by atoms with Crippen LogP contribution in [0.2, 0.25) is 0 Å². The van der Waals surface area contributed by atoms with E-state index in [0.717, 1.165) is 49.8 Å². The zero-order chi connectivity index (χ0) is 15.3. The lowest BCUT2D eigenvalue weighted by Gasteiger charge is -2.22. The first kappa shape index (κ1) is 15.9. The van der Waals surface area contributed by atoms with Crippen LogP contribution in [0.3, 0.4) is 0 Å². The maximum atomic E-state index is 10.0. The van der Waals surface area contributed by atoms with E-state index in [1.807, 2.05) is 26.0 Å². The quantitative estimate of drug-likeness (QED) is 0.799. The maximum Gasteiger partial charge on any atom is 0.119 e. The number of nitrogens with zero attached hydrogens (tertiary/aromatic N) is 1. The van der Waals surface area contributed by atoms with Crippen molar-refractivity contribution in [2.75, 3.05) is 6.61 Å². The topological polar surface area (TPSA) is 53.2 Å². The molecule has 0 amide bonds. The molecule has 1 aromatic rings. The van der Waals surface area contributed by atoms with Crippen molar-refractivity contribution < 1.29 is 9.84 Å². The van der Waals surface area contributed by atoms with Gasteiger partial charge in [-0.1, -0.05) is 6.07 Å². The Balaban J connectivity index is 1.79. The van der Waals surface area contributed by atoms with Gasteiger partial charge in [0.15, 0.2) is 0 Å². The van der Waals surface area contributed by atoms with Crippen molar-refractivity contribution in [1.82, 2.24) is 0 Å². The molecule has 0 bridgehead atoms.